The van der Waals surface area contributed by atoms with Crippen molar-refractivity contribution >= 4 is 11.4 Å². The van der Waals surface area contributed by atoms with Crippen LogP contribution in [0.1, 0.15) is 24.0 Å². The summed E-state index contributed by atoms with van der Waals surface area (Å²) in [5, 5.41) is 12.2. The second-order valence-corrected chi connectivity index (χ2v) is 5.40. The van der Waals surface area contributed by atoms with Gasteiger partial charge in [0.15, 0.2) is 0 Å². The monoisotopic (exact) mass is 277 g/mol. The van der Waals surface area contributed by atoms with Crippen molar-refractivity contribution in [3.8, 4) is 6.07 Å². The van der Waals surface area contributed by atoms with Crippen LogP contribution >= 0.6 is 0 Å². The third-order valence-electron chi connectivity index (χ3n) is 3.92. The van der Waals surface area contributed by atoms with Gasteiger partial charge < -0.3 is 10.2 Å². The second kappa shape index (κ2) is 6.32. The van der Waals surface area contributed by atoms with Gasteiger partial charge in [0.2, 0.25) is 0 Å². The molecule has 2 aromatic carbocycles. The van der Waals surface area contributed by atoms with Gasteiger partial charge in [-0.2, -0.15) is 5.26 Å². The van der Waals surface area contributed by atoms with Crippen molar-refractivity contribution in [2.24, 2.45) is 0 Å². The number of nitrogens with one attached hydrogen (secondary N) is 1. The number of nitrogens with zero attached hydrogens (tertiary/aromatic N) is 2. The van der Waals surface area contributed by atoms with Gasteiger partial charge in [-0.15, -0.1) is 0 Å². The van der Waals surface area contributed by atoms with Gasteiger partial charge in [0.1, 0.15) is 0 Å². The highest BCUT2D eigenvalue weighted by molar-refractivity contribution is 5.50. The normalized spacial score (nSPS) is 14.0. The molecule has 1 aliphatic heterocycles. The number of rotatable bonds is 4. The third kappa shape index (κ3) is 3.35. The highest BCUT2D eigenvalue weighted by Gasteiger charge is 2.11. The highest BCUT2D eigenvalue weighted by Crippen LogP contribution is 2.20. The lowest BCUT2D eigenvalue weighted by Crippen LogP contribution is -2.17. The van der Waals surface area contributed by atoms with Crippen molar-refractivity contribution in [2.75, 3.05) is 23.3 Å². The third-order valence-corrected chi connectivity index (χ3v) is 3.92. The zero-order valence-electron chi connectivity index (χ0n) is 12.0. The van der Waals surface area contributed by atoms with Crippen LogP contribution in [0.3, 0.4) is 0 Å². The summed E-state index contributed by atoms with van der Waals surface area (Å²) < 4.78 is 0. The fourth-order valence-electron chi connectivity index (χ4n) is 2.67. The molecule has 0 amide bonds. The van der Waals surface area contributed by atoms with E-state index in [1.165, 1.54) is 37.2 Å². The topological polar surface area (TPSA) is 39.1 Å². The molecular formula is C18H19N3. The highest BCUT2D eigenvalue weighted by atomic mass is 15.1. The largest absolute Gasteiger partial charge is 0.381 e. The van der Waals surface area contributed by atoms with Gasteiger partial charge in [-0.05, 0) is 54.8 Å². The summed E-state index contributed by atoms with van der Waals surface area (Å²) in [5.74, 6) is 0. The van der Waals surface area contributed by atoms with Crippen molar-refractivity contribution in [3.05, 3.63) is 59.7 Å². The quantitative estimate of drug-likeness (QED) is 0.924. The molecule has 3 rings (SSSR count). The van der Waals surface area contributed by atoms with Crippen molar-refractivity contribution in [3.63, 3.8) is 0 Å². The molecule has 0 unspecified atom stereocenters. The Bertz CT molecular complexity index is 617. The number of benzene rings is 2. The van der Waals surface area contributed by atoms with Crippen LogP contribution in [0.2, 0.25) is 0 Å². The summed E-state index contributed by atoms with van der Waals surface area (Å²) in [6.07, 6.45) is 2.62. The Morgan fingerprint density at radius 1 is 0.952 bits per heavy atom. The molecule has 0 aromatic heterocycles. The molecule has 1 heterocycles. The number of nitriles is 1. The Morgan fingerprint density at radius 3 is 2.24 bits per heavy atom. The first kappa shape index (κ1) is 13.5. The van der Waals surface area contributed by atoms with E-state index in [9.17, 15) is 0 Å². The lowest BCUT2D eigenvalue weighted by Gasteiger charge is -2.17. The van der Waals surface area contributed by atoms with Crippen LogP contribution in [0.5, 0.6) is 0 Å². The van der Waals surface area contributed by atoms with Crippen LogP contribution < -0.4 is 10.2 Å². The zero-order chi connectivity index (χ0) is 14.5. The molecule has 0 atom stereocenters. The van der Waals surface area contributed by atoms with Gasteiger partial charge in [0, 0.05) is 31.0 Å². The summed E-state index contributed by atoms with van der Waals surface area (Å²) in [5.41, 5.74) is 4.32. The molecule has 1 N–H and O–H groups in total. The first-order valence-electron chi connectivity index (χ1n) is 7.43. The summed E-state index contributed by atoms with van der Waals surface area (Å²) in [4.78, 5) is 2.44. The van der Waals surface area contributed by atoms with E-state index < -0.39 is 0 Å². The van der Waals surface area contributed by atoms with Gasteiger partial charge in [0.25, 0.3) is 0 Å². The molecule has 2 aromatic rings. The van der Waals surface area contributed by atoms with Crippen LogP contribution in [0, 0.1) is 11.3 Å². The van der Waals surface area contributed by atoms with Gasteiger partial charge in [-0.25, -0.2) is 0 Å². The molecule has 0 spiro atoms. The smallest absolute Gasteiger partial charge is 0.0991 e. The standard InChI is InChI=1S/C18H19N3/c19-13-15-3-7-17(8-4-15)20-14-16-5-9-18(10-6-16)21-11-1-2-12-21/h3-10,20H,1-2,11-12,14H2. The molecule has 0 radical (unpaired) electrons. The van der Waals surface area contributed by atoms with E-state index in [1.807, 2.05) is 24.3 Å². The van der Waals surface area contributed by atoms with Crippen LogP contribution in [0.4, 0.5) is 11.4 Å². The molecule has 0 bridgehead atoms. The minimum Gasteiger partial charge on any atom is -0.381 e. The maximum atomic E-state index is 8.78. The van der Waals surface area contributed by atoms with E-state index in [0.717, 1.165) is 12.2 Å². The van der Waals surface area contributed by atoms with Crippen molar-refractivity contribution in [2.45, 2.75) is 19.4 Å². The van der Waals surface area contributed by atoms with Gasteiger partial charge in [-0.3, -0.25) is 0 Å². The fraction of sp³-hybridized carbons (Fsp3) is 0.278. The lowest BCUT2D eigenvalue weighted by atomic mass is 10.2. The summed E-state index contributed by atoms with van der Waals surface area (Å²) in [7, 11) is 0. The van der Waals surface area contributed by atoms with Gasteiger partial charge in [0.05, 0.1) is 11.6 Å². The van der Waals surface area contributed by atoms with Crippen LogP contribution in [0.25, 0.3) is 0 Å². The van der Waals surface area contributed by atoms with E-state index in [1.54, 1.807) is 0 Å². The van der Waals surface area contributed by atoms with E-state index >= 15 is 0 Å². The van der Waals surface area contributed by atoms with Crippen molar-refractivity contribution in [1.82, 2.24) is 0 Å². The summed E-state index contributed by atoms with van der Waals surface area (Å²) in [6.45, 7) is 3.16. The molecule has 1 fully saturated rings. The first-order chi connectivity index (χ1) is 10.3. The fourth-order valence-corrected chi connectivity index (χ4v) is 2.67. The molecule has 3 nitrogen and oxygen atoms in total. The van der Waals surface area contributed by atoms with Crippen LogP contribution in [-0.2, 0) is 6.54 Å². The van der Waals surface area contributed by atoms with Gasteiger partial charge in [-0.1, -0.05) is 12.1 Å². The molecule has 106 valence electrons. The average Bonchev–Trinajstić information content (AvgIpc) is 3.08. The second-order valence-electron chi connectivity index (χ2n) is 5.40. The summed E-state index contributed by atoms with van der Waals surface area (Å²) in [6, 6.07) is 18.5. The molecule has 1 saturated heterocycles. The van der Waals surface area contributed by atoms with Crippen LogP contribution in [-0.4, -0.2) is 13.1 Å². The lowest BCUT2D eigenvalue weighted by molar-refractivity contribution is 0.949. The molecule has 0 aliphatic carbocycles. The minimum atomic E-state index is 0.690. The Hall–Kier alpha value is -2.47. The molecule has 3 heteroatoms. The maximum Gasteiger partial charge on any atom is 0.0991 e. The van der Waals surface area contributed by atoms with E-state index in [2.05, 4.69) is 40.6 Å². The predicted octanol–water partition coefficient (Wildman–Crippen LogP) is 3.77. The molecule has 0 saturated carbocycles. The Morgan fingerprint density at radius 2 is 1.62 bits per heavy atom. The number of anilines is 2. The zero-order valence-corrected chi connectivity index (χ0v) is 12.0. The van der Waals surface area contributed by atoms with Crippen LogP contribution in [0.15, 0.2) is 48.5 Å². The summed E-state index contributed by atoms with van der Waals surface area (Å²) >= 11 is 0. The first-order valence-corrected chi connectivity index (χ1v) is 7.43. The molecule has 21 heavy (non-hydrogen) atoms. The average molecular weight is 277 g/mol. The number of hydrogen-bond acceptors (Lipinski definition) is 3. The minimum absolute atomic E-state index is 0.690. The van der Waals surface area contributed by atoms with E-state index in [-0.39, 0.29) is 0 Å². The van der Waals surface area contributed by atoms with Crippen molar-refractivity contribution < 1.29 is 0 Å². The molecule has 1 aliphatic rings. The van der Waals surface area contributed by atoms with Crippen molar-refractivity contribution in [1.29, 1.82) is 5.26 Å². The Kier molecular flexibility index (Phi) is 4.07. The maximum absolute atomic E-state index is 8.78. The predicted molar refractivity (Wildman–Crippen MR) is 86.4 cm³/mol. The van der Waals surface area contributed by atoms with E-state index in [0.29, 0.717) is 5.56 Å². The number of hydrogen-bond donors (Lipinski definition) is 1. The Labute approximate surface area is 125 Å². The van der Waals surface area contributed by atoms with Gasteiger partial charge >= 0.3 is 0 Å². The molecular weight excluding hydrogens is 258 g/mol. The van der Waals surface area contributed by atoms with E-state index in [4.69, 9.17) is 5.26 Å². The SMILES string of the molecule is N#Cc1ccc(NCc2ccc(N3CCCC3)cc2)cc1. The Balaban J connectivity index is 1.58.